The first-order valence-electron chi connectivity index (χ1n) is 12.2. The third-order valence-corrected chi connectivity index (χ3v) is 7.08. The lowest BCUT2D eigenvalue weighted by molar-refractivity contribution is 0.632. The number of unbranched alkanes of at least 4 members (excludes halogenated alkanes) is 3. The summed E-state index contributed by atoms with van der Waals surface area (Å²) >= 11 is 1.77. The maximum absolute atomic E-state index is 15.0. The number of hydrogen-bond donors (Lipinski definition) is 0. The van der Waals surface area contributed by atoms with E-state index in [-0.39, 0.29) is 5.82 Å². The van der Waals surface area contributed by atoms with E-state index in [1.165, 1.54) is 48.8 Å². The lowest BCUT2D eigenvalue weighted by Gasteiger charge is -2.09. The zero-order valence-electron chi connectivity index (χ0n) is 19.5. The second kappa shape index (κ2) is 12.0. The maximum atomic E-state index is 15.0. The number of rotatable bonds is 11. The Hall–Kier alpha value is -2.71. The van der Waals surface area contributed by atoms with Crippen LogP contribution in [-0.4, -0.2) is 0 Å². The van der Waals surface area contributed by atoms with Crippen LogP contribution in [0.2, 0.25) is 0 Å². The van der Waals surface area contributed by atoms with Crippen molar-refractivity contribution in [3.8, 4) is 22.3 Å². The van der Waals surface area contributed by atoms with E-state index in [0.717, 1.165) is 36.0 Å². The Balaban J connectivity index is 1.35. The van der Waals surface area contributed by atoms with Gasteiger partial charge in [0.05, 0.1) is 0 Å². The van der Waals surface area contributed by atoms with Crippen molar-refractivity contribution in [3.05, 3.63) is 106 Å². The van der Waals surface area contributed by atoms with Crippen LogP contribution in [0.1, 0.15) is 55.7 Å². The van der Waals surface area contributed by atoms with Gasteiger partial charge in [-0.1, -0.05) is 80.4 Å². The van der Waals surface area contributed by atoms with Crippen molar-refractivity contribution in [2.24, 2.45) is 0 Å². The number of hydrogen-bond acceptors (Lipinski definition) is 1. The van der Waals surface area contributed by atoms with E-state index in [4.69, 9.17) is 0 Å². The molecule has 0 unspecified atom stereocenters. The van der Waals surface area contributed by atoms with Crippen molar-refractivity contribution in [1.82, 2.24) is 0 Å². The van der Waals surface area contributed by atoms with E-state index in [1.54, 1.807) is 17.4 Å². The first-order valence-corrected chi connectivity index (χ1v) is 13.2. The minimum atomic E-state index is -0.164. The fourth-order valence-corrected chi connectivity index (χ4v) is 5.02. The quantitative estimate of drug-likeness (QED) is 0.197. The summed E-state index contributed by atoms with van der Waals surface area (Å²) in [4.78, 5) is 0. The molecular weight excluding hydrogens is 423 g/mol. The Kier molecular flexibility index (Phi) is 8.49. The summed E-state index contributed by atoms with van der Waals surface area (Å²) in [5.74, 6) is -0.164. The fraction of sp³-hybridized carbons (Fsp3) is 0.290. The van der Waals surface area contributed by atoms with Gasteiger partial charge in [-0.15, -0.1) is 0 Å². The molecule has 0 aliphatic rings. The van der Waals surface area contributed by atoms with Gasteiger partial charge in [-0.3, -0.25) is 0 Å². The summed E-state index contributed by atoms with van der Waals surface area (Å²) in [7, 11) is 0. The predicted molar refractivity (Wildman–Crippen MR) is 141 cm³/mol. The largest absolute Gasteiger partial charge is 0.206 e. The zero-order chi connectivity index (χ0) is 22.9. The van der Waals surface area contributed by atoms with Gasteiger partial charge in [-0.25, -0.2) is 4.39 Å². The summed E-state index contributed by atoms with van der Waals surface area (Å²) in [5.41, 5.74) is 7.72. The maximum Gasteiger partial charge on any atom is 0.131 e. The highest BCUT2D eigenvalue weighted by atomic mass is 32.1. The molecule has 4 aromatic rings. The lowest BCUT2D eigenvalue weighted by atomic mass is 9.97. The third kappa shape index (κ3) is 6.65. The second-order valence-corrected chi connectivity index (χ2v) is 9.66. The molecule has 0 bridgehead atoms. The molecule has 3 aromatic carbocycles. The SMILES string of the molecule is CCCCCc1ccc(-c2ccc(-c3ccc(CCCCc4ccsc4)cc3)c(F)c2)cc1. The van der Waals surface area contributed by atoms with Crippen LogP contribution in [0.5, 0.6) is 0 Å². The molecule has 0 amide bonds. The Morgan fingerprint density at radius 1 is 0.606 bits per heavy atom. The molecule has 0 fully saturated rings. The van der Waals surface area contributed by atoms with E-state index < -0.39 is 0 Å². The van der Waals surface area contributed by atoms with Gasteiger partial charge in [0.1, 0.15) is 5.82 Å². The second-order valence-electron chi connectivity index (χ2n) is 8.88. The van der Waals surface area contributed by atoms with Crippen LogP contribution in [0, 0.1) is 5.82 Å². The summed E-state index contributed by atoms with van der Waals surface area (Å²) in [6.45, 7) is 2.23. The summed E-state index contributed by atoms with van der Waals surface area (Å²) < 4.78 is 15.0. The van der Waals surface area contributed by atoms with Crippen molar-refractivity contribution < 1.29 is 4.39 Å². The zero-order valence-corrected chi connectivity index (χ0v) is 20.3. The number of thiophene rings is 1. The molecule has 0 spiro atoms. The number of aryl methyl sites for hydroxylation is 3. The Morgan fingerprint density at radius 2 is 1.18 bits per heavy atom. The van der Waals surface area contributed by atoms with Crippen molar-refractivity contribution in [2.75, 3.05) is 0 Å². The van der Waals surface area contributed by atoms with E-state index in [2.05, 4.69) is 72.3 Å². The molecule has 0 aliphatic heterocycles. The van der Waals surface area contributed by atoms with Gasteiger partial charge < -0.3 is 0 Å². The van der Waals surface area contributed by atoms with E-state index in [1.807, 2.05) is 12.1 Å². The predicted octanol–water partition coefficient (Wildman–Crippen LogP) is 9.52. The van der Waals surface area contributed by atoms with Gasteiger partial charge in [-0.2, -0.15) is 11.3 Å². The van der Waals surface area contributed by atoms with Gasteiger partial charge in [-0.05, 0) is 94.8 Å². The smallest absolute Gasteiger partial charge is 0.131 e. The van der Waals surface area contributed by atoms with Crippen LogP contribution < -0.4 is 0 Å². The van der Waals surface area contributed by atoms with Gasteiger partial charge >= 0.3 is 0 Å². The van der Waals surface area contributed by atoms with Crippen molar-refractivity contribution in [1.29, 1.82) is 0 Å². The van der Waals surface area contributed by atoms with Crippen molar-refractivity contribution >= 4 is 11.3 Å². The molecule has 0 N–H and O–H groups in total. The Morgan fingerprint density at radius 3 is 1.76 bits per heavy atom. The molecule has 4 rings (SSSR count). The fourth-order valence-electron chi connectivity index (χ4n) is 4.32. The minimum Gasteiger partial charge on any atom is -0.206 e. The number of halogens is 1. The summed E-state index contributed by atoms with van der Waals surface area (Å²) in [5, 5.41) is 4.38. The third-order valence-electron chi connectivity index (χ3n) is 6.35. The standard InChI is InChI=1S/C31H33FS/c1-2-3-4-7-24-10-14-27(15-11-24)29-18-19-30(31(32)22-29)28-16-12-25(13-17-28)8-5-6-9-26-20-21-33-23-26/h10-23H,2-9H2,1H3. The lowest BCUT2D eigenvalue weighted by Crippen LogP contribution is -1.90. The highest BCUT2D eigenvalue weighted by Gasteiger charge is 2.08. The number of benzene rings is 3. The van der Waals surface area contributed by atoms with Crippen LogP contribution in [0.25, 0.3) is 22.3 Å². The first kappa shape index (κ1) is 23.4. The highest BCUT2D eigenvalue weighted by molar-refractivity contribution is 7.07. The van der Waals surface area contributed by atoms with Crippen LogP contribution in [-0.2, 0) is 19.3 Å². The van der Waals surface area contributed by atoms with Crippen LogP contribution in [0.4, 0.5) is 4.39 Å². The van der Waals surface area contributed by atoms with Crippen molar-refractivity contribution in [3.63, 3.8) is 0 Å². The molecule has 0 saturated carbocycles. The molecule has 170 valence electrons. The normalized spacial score (nSPS) is 11.1. The first-order chi connectivity index (χ1) is 16.2. The molecular formula is C31H33FS. The summed E-state index contributed by atoms with van der Waals surface area (Å²) in [6, 6.07) is 24.8. The van der Waals surface area contributed by atoms with E-state index in [9.17, 15) is 4.39 Å². The van der Waals surface area contributed by atoms with Gasteiger partial charge in [0.2, 0.25) is 0 Å². The highest BCUT2D eigenvalue weighted by Crippen LogP contribution is 2.29. The van der Waals surface area contributed by atoms with Gasteiger partial charge in [0, 0.05) is 5.56 Å². The van der Waals surface area contributed by atoms with Gasteiger partial charge in [0.15, 0.2) is 0 Å². The molecule has 2 heteroatoms. The summed E-state index contributed by atoms with van der Waals surface area (Å²) in [6.07, 6.45) is 9.46. The van der Waals surface area contributed by atoms with Crippen LogP contribution in [0.3, 0.4) is 0 Å². The molecule has 1 aromatic heterocycles. The van der Waals surface area contributed by atoms with E-state index in [0.29, 0.717) is 5.56 Å². The molecule has 0 radical (unpaired) electrons. The Bertz CT molecular complexity index is 1110. The molecule has 33 heavy (non-hydrogen) atoms. The molecule has 0 aliphatic carbocycles. The topological polar surface area (TPSA) is 0 Å². The monoisotopic (exact) mass is 456 g/mol. The minimum absolute atomic E-state index is 0.164. The molecule has 1 heterocycles. The Labute approximate surface area is 202 Å². The van der Waals surface area contributed by atoms with Crippen LogP contribution in [0.15, 0.2) is 83.6 Å². The average Bonchev–Trinajstić information content (AvgIpc) is 3.37. The average molecular weight is 457 g/mol. The molecule has 0 atom stereocenters. The van der Waals surface area contributed by atoms with Gasteiger partial charge in [0.25, 0.3) is 0 Å². The van der Waals surface area contributed by atoms with Crippen LogP contribution >= 0.6 is 11.3 Å². The van der Waals surface area contributed by atoms with Crippen molar-refractivity contribution in [2.45, 2.75) is 58.3 Å². The molecule has 0 nitrogen and oxygen atoms in total. The molecule has 0 saturated heterocycles. The van der Waals surface area contributed by atoms with E-state index >= 15 is 0 Å².